The minimum Gasteiger partial charge on any atom is -0.497 e. The van der Waals surface area contributed by atoms with E-state index >= 15 is 0 Å². The van der Waals surface area contributed by atoms with Gasteiger partial charge in [0.25, 0.3) is 21.6 Å². The number of hydrogen-bond donors (Lipinski definition) is 4. The summed E-state index contributed by atoms with van der Waals surface area (Å²) in [6.45, 7) is 12.0. The van der Waals surface area contributed by atoms with Crippen LogP contribution in [0.3, 0.4) is 0 Å². The van der Waals surface area contributed by atoms with E-state index < -0.39 is 37.0 Å². The zero-order chi connectivity index (χ0) is 53.4. The number of pyridine rings is 1. The van der Waals surface area contributed by atoms with Crippen molar-refractivity contribution in [2.45, 2.75) is 107 Å². The SMILES string of the molecule is COc1ccc(CN2CCN(C3CC4(CCN(c5ccc(C(=O)NS(=O)(=O)c6ccc(NC[C@H]7CC[C@](C)(O)CC7)c([N+](=O)[O-])c6)c(Oc6cnc7[nH]ccc7c6)c5)CC4)C3)C(c3ccccc3C(C)C)C2)c(OC)c1. The number of sulfonamides is 1. The lowest BCUT2D eigenvalue weighted by atomic mass is 9.59. The van der Waals surface area contributed by atoms with Crippen LogP contribution < -0.4 is 29.1 Å². The van der Waals surface area contributed by atoms with Crippen molar-refractivity contribution in [2.24, 2.45) is 11.3 Å². The zero-order valence-corrected chi connectivity index (χ0v) is 44.9. The molecule has 17 nitrogen and oxygen atoms in total. The molecule has 2 aliphatic carbocycles. The number of piperazine rings is 1. The molecule has 0 bridgehead atoms. The topological polar surface area (TPSA) is 205 Å². The second-order valence-electron chi connectivity index (χ2n) is 22.1. The van der Waals surface area contributed by atoms with E-state index in [0.29, 0.717) is 42.7 Å². The Hall–Kier alpha value is -6.73. The molecule has 76 heavy (non-hydrogen) atoms. The van der Waals surface area contributed by atoms with Crippen LogP contribution in [0.2, 0.25) is 0 Å². The maximum absolute atomic E-state index is 14.1. The Morgan fingerprint density at radius 2 is 1.68 bits per heavy atom. The lowest BCUT2D eigenvalue weighted by Gasteiger charge is -2.58. The van der Waals surface area contributed by atoms with Gasteiger partial charge in [0.15, 0.2) is 0 Å². The molecular weight excluding hydrogens is 985 g/mol. The first-order chi connectivity index (χ1) is 36.5. The summed E-state index contributed by atoms with van der Waals surface area (Å²) < 4.78 is 47.6. The fraction of sp³-hybridized carbons (Fsp3) is 0.448. The summed E-state index contributed by atoms with van der Waals surface area (Å²) in [5.74, 6) is 1.74. The molecule has 402 valence electrons. The molecule has 6 aromatic rings. The summed E-state index contributed by atoms with van der Waals surface area (Å²) in [6, 6.07) is 28.1. The molecule has 4 aliphatic rings. The molecule has 18 heteroatoms. The monoisotopic (exact) mass is 1050 g/mol. The van der Waals surface area contributed by atoms with Crippen molar-refractivity contribution in [1.82, 2.24) is 24.5 Å². The van der Waals surface area contributed by atoms with Crippen molar-refractivity contribution in [3.05, 3.63) is 136 Å². The van der Waals surface area contributed by atoms with Gasteiger partial charge in [-0.25, -0.2) is 18.1 Å². The average Bonchev–Trinajstić information content (AvgIpc) is 3.90. The van der Waals surface area contributed by atoms with Crippen LogP contribution in [-0.4, -0.2) is 109 Å². The van der Waals surface area contributed by atoms with E-state index in [2.05, 4.69) is 78.9 Å². The summed E-state index contributed by atoms with van der Waals surface area (Å²) in [7, 11) is -1.21. The number of aromatic nitrogens is 2. The second-order valence-corrected chi connectivity index (χ2v) is 23.7. The standard InChI is InChI=1S/C58H70N8O9S/c1-38(2)47-8-6-7-9-48(47)52-37-63(36-41-10-12-44(73-4)30-53(41)74-5)26-27-65(52)43-32-58(33-43)21-24-64(25-22-58)42-11-14-49(54(29-42)75-45-28-40-18-23-59-55(40)61-35-45)56(67)62-76(71,72)46-13-15-50(51(31-46)66(69)70)60-34-39-16-19-57(3,68)20-17-39/h6-15,18,23,28-31,35,38-39,43,52,60,68H,16-17,19-22,24-27,32-34,36-37H2,1-5H3,(H,59,61)(H,62,67)/t39-,52?,57-. The highest BCUT2D eigenvalue weighted by Gasteiger charge is 2.50. The van der Waals surface area contributed by atoms with Crippen LogP contribution in [0.1, 0.15) is 111 Å². The Morgan fingerprint density at radius 3 is 2.42 bits per heavy atom. The molecule has 2 saturated heterocycles. The number of hydrogen-bond acceptors (Lipinski definition) is 14. The van der Waals surface area contributed by atoms with Crippen molar-refractivity contribution in [1.29, 1.82) is 0 Å². The Balaban J connectivity index is 0.832. The van der Waals surface area contributed by atoms with Crippen molar-refractivity contribution in [3.63, 3.8) is 0 Å². The maximum atomic E-state index is 14.1. The molecule has 1 unspecified atom stereocenters. The first-order valence-corrected chi connectivity index (χ1v) is 28.1. The highest BCUT2D eigenvalue weighted by Crippen LogP contribution is 2.53. The molecule has 4 heterocycles. The molecule has 1 spiro atoms. The number of carbonyl (C=O) groups excluding carboxylic acids is 1. The first-order valence-electron chi connectivity index (χ1n) is 26.6. The minimum atomic E-state index is -4.60. The molecule has 4 fully saturated rings. The van der Waals surface area contributed by atoms with Gasteiger partial charge in [-0.1, -0.05) is 44.2 Å². The smallest absolute Gasteiger partial charge is 0.293 e. The Labute approximate surface area is 445 Å². The molecule has 1 atom stereocenters. The molecule has 10 rings (SSSR count). The van der Waals surface area contributed by atoms with E-state index in [1.807, 2.05) is 31.2 Å². The maximum Gasteiger partial charge on any atom is 0.293 e. The van der Waals surface area contributed by atoms with Gasteiger partial charge >= 0.3 is 0 Å². The van der Waals surface area contributed by atoms with Gasteiger partial charge in [0, 0.05) is 98.9 Å². The summed E-state index contributed by atoms with van der Waals surface area (Å²) >= 11 is 0. The van der Waals surface area contributed by atoms with Crippen LogP contribution in [0.5, 0.6) is 23.0 Å². The summed E-state index contributed by atoms with van der Waals surface area (Å²) in [6.07, 6.45) is 10.3. The number of anilines is 2. The Kier molecular flexibility index (Phi) is 15.1. The third kappa shape index (κ3) is 11.4. The number of piperidine rings is 1. The highest BCUT2D eigenvalue weighted by atomic mass is 32.2. The number of ether oxygens (including phenoxy) is 3. The van der Waals surface area contributed by atoms with E-state index in [4.69, 9.17) is 14.2 Å². The fourth-order valence-corrected chi connectivity index (χ4v) is 13.1. The number of nitrogens with zero attached hydrogens (tertiary/aromatic N) is 5. The number of benzene rings is 4. The molecule has 1 amide bonds. The average molecular weight is 1060 g/mol. The number of carbonyl (C=O) groups is 1. The molecule has 4 aromatic carbocycles. The van der Waals surface area contributed by atoms with Crippen molar-refractivity contribution >= 4 is 44.0 Å². The number of rotatable bonds is 17. The third-order valence-corrected chi connectivity index (χ3v) is 18.0. The molecule has 2 saturated carbocycles. The lowest BCUT2D eigenvalue weighted by Crippen LogP contribution is -2.60. The molecular formula is C58H70N8O9S. The van der Waals surface area contributed by atoms with Gasteiger partial charge in [-0.2, -0.15) is 0 Å². The van der Waals surface area contributed by atoms with E-state index in [-0.39, 0.29) is 34.4 Å². The quantitative estimate of drug-likeness (QED) is 0.0496. The highest BCUT2D eigenvalue weighted by molar-refractivity contribution is 7.90. The lowest BCUT2D eigenvalue weighted by molar-refractivity contribution is -0.384. The summed E-state index contributed by atoms with van der Waals surface area (Å²) in [5, 5.41) is 26.5. The van der Waals surface area contributed by atoms with Gasteiger partial charge in [0.1, 0.15) is 34.3 Å². The predicted octanol–water partition coefficient (Wildman–Crippen LogP) is 10.2. The number of aromatic amines is 1. The number of nitrogens with one attached hydrogen (secondary N) is 3. The van der Waals surface area contributed by atoms with Crippen molar-refractivity contribution in [2.75, 3.05) is 63.7 Å². The van der Waals surface area contributed by atoms with Crippen LogP contribution in [0.4, 0.5) is 17.1 Å². The molecule has 0 radical (unpaired) electrons. The second kappa shape index (κ2) is 21.7. The number of aliphatic hydroxyl groups is 1. The van der Waals surface area contributed by atoms with Crippen LogP contribution in [-0.2, 0) is 16.6 Å². The Bertz CT molecular complexity index is 3190. The largest absolute Gasteiger partial charge is 0.497 e. The first kappa shape index (κ1) is 52.7. The number of nitro groups is 1. The molecule has 2 aliphatic heterocycles. The number of fused-ring (bicyclic) bond motifs is 1. The fourth-order valence-electron chi connectivity index (χ4n) is 12.2. The van der Waals surface area contributed by atoms with Gasteiger partial charge in [0.2, 0.25) is 0 Å². The predicted molar refractivity (Wildman–Crippen MR) is 293 cm³/mol. The van der Waals surface area contributed by atoms with Crippen LogP contribution in [0.15, 0.2) is 108 Å². The van der Waals surface area contributed by atoms with Crippen molar-refractivity contribution < 1.29 is 37.5 Å². The van der Waals surface area contributed by atoms with Gasteiger partial charge < -0.3 is 34.5 Å². The van der Waals surface area contributed by atoms with Crippen LogP contribution in [0, 0.1) is 21.4 Å². The summed E-state index contributed by atoms with van der Waals surface area (Å²) in [4.78, 5) is 40.5. The zero-order valence-electron chi connectivity index (χ0n) is 44.1. The normalized spacial score (nSPS) is 21.3. The van der Waals surface area contributed by atoms with Crippen LogP contribution in [0.25, 0.3) is 11.0 Å². The van der Waals surface area contributed by atoms with Gasteiger partial charge in [-0.05, 0) is 129 Å². The third-order valence-electron chi connectivity index (χ3n) is 16.6. The number of nitro benzene ring substituents is 1. The molecule has 4 N–H and O–H groups in total. The van der Waals surface area contributed by atoms with E-state index in [9.17, 15) is 28.4 Å². The number of amides is 1. The van der Waals surface area contributed by atoms with Gasteiger partial charge in [0.05, 0.1) is 41.4 Å². The van der Waals surface area contributed by atoms with Gasteiger partial charge in [-0.3, -0.25) is 24.7 Å². The van der Waals surface area contributed by atoms with E-state index in [0.717, 1.165) is 112 Å². The summed E-state index contributed by atoms with van der Waals surface area (Å²) in [5.41, 5.74) is 4.64. The van der Waals surface area contributed by atoms with Crippen molar-refractivity contribution in [3.8, 4) is 23.0 Å². The Morgan fingerprint density at radius 1 is 0.908 bits per heavy atom. The van der Waals surface area contributed by atoms with E-state index in [1.165, 1.54) is 29.5 Å². The van der Waals surface area contributed by atoms with Gasteiger partial charge in [-0.15, -0.1) is 0 Å². The van der Waals surface area contributed by atoms with E-state index in [1.54, 1.807) is 38.6 Å². The molecule has 2 aromatic heterocycles. The minimum absolute atomic E-state index is 0.0344. The van der Waals surface area contributed by atoms with Crippen LogP contribution >= 0.6 is 0 Å². The number of H-pyrrole nitrogens is 1. The number of methoxy groups -OCH3 is 2.